The van der Waals surface area contributed by atoms with Crippen LogP contribution in [0.4, 0.5) is 0 Å². The molecule has 0 aliphatic rings. The van der Waals surface area contributed by atoms with Crippen molar-refractivity contribution in [3.05, 3.63) is 0 Å². The van der Waals surface area contributed by atoms with Crippen molar-refractivity contribution in [1.82, 2.24) is 0 Å². The van der Waals surface area contributed by atoms with Crippen LogP contribution in [0.2, 0.25) is 0 Å². The molecule has 27 heavy (non-hydrogen) atoms. The molecular weight excluding hydrogens is 387 g/mol. The van der Waals surface area contributed by atoms with Crippen LogP contribution in [-0.4, -0.2) is 29.4 Å². The third-order valence-electron chi connectivity index (χ3n) is 5.24. The van der Waals surface area contributed by atoms with E-state index in [0.717, 1.165) is 77.0 Å². The van der Waals surface area contributed by atoms with Gasteiger partial charge in [-0.15, -0.1) is 0 Å². The van der Waals surface area contributed by atoms with Crippen LogP contribution >= 0.6 is 0 Å². The fourth-order valence-corrected chi connectivity index (χ4v) is 4.38. The maximum absolute atomic E-state index is 11.4. The van der Waals surface area contributed by atoms with Gasteiger partial charge in [-0.05, 0) is 25.7 Å². The smallest absolute Gasteiger partial charge is 0.748 e. The number of hydrogen-bond donors (Lipinski definition) is 1. The van der Waals surface area contributed by atoms with E-state index in [-0.39, 0.29) is 57.5 Å². The second-order valence-corrected chi connectivity index (χ2v) is 9.46. The molecule has 0 saturated carbocycles. The van der Waals surface area contributed by atoms with E-state index in [1.54, 1.807) is 0 Å². The fourth-order valence-electron chi connectivity index (χ4n) is 3.47. The van der Waals surface area contributed by atoms with Gasteiger partial charge in [0, 0.05) is 5.25 Å². The number of aliphatic hydroxyl groups excluding tert-OH is 1. The van der Waals surface area contributed by atoms with Gasteiger partial charge in [-0.1, -0.05) is 97.3 Å². The van der Waals surface area contributed by atoms with Gasteiger partial charge in [-0.25, -0.2) is 8.42 Å². The zero-order chi connectivity index (χ0) is 19.7. The number of aliphatic hydroxyl groups is 1. The van der Waals surface area contributed by atoms with Crippen LogP contribution in [0.5, 0.6) is 0 Å². The van der Waals surface area contributed by atoms with Gasteiger partial charge < -0.3 is 9.66 Å². The minimum absolute atomic E-state index is 0. The minimum Gasteiger partial charge on any atom is -0.748 e. The average molecular weight is 431 g/mol. The molecule has 0 bridgehead atoms. The van der Waals surface area contributed by atoms with Crippen molar-refractivity contribution < 1.29 is 69.5 Å². The Hall–Kier alpha value is 1.51. The molecule has 1 N–H and O–H groups in total. The first kappa shape index (κ1) is 30.7. The van der Waals surface area contributed by atoms with Crippen LogP contribution < -0.4 is 51.4 Å². The molecule has 0 saturated heterocycles. The van der Waals surface area contributed by atoms with E-state index >= 15 is 0 Å². The van der Waals surface area contributed by atoms with Crippen LogP contribution in [-0.2, 0) is 10.1 Å². The van der Waals surface area contributed by atoms with Crippen molar-refractivity contribution in [3.63, 3.8) is 0 Å². The Bertz CT molecular complexity index is 401. The molecule has 0 aliphatic heterocycles. The van der Waals surface area contributed by atoms with Crippen molar-refractivity contribution in [2.45, 2.75) is 134 Å². The topological polar surface area (TPSA) is 77.4 Å². The second kappa shape index (κ2) is 20.8. The molecule has 0 aromatic heterocycles. The van der Waals surface area contributed by atoms with E-state index in [2.05, 4.69) is 13.8 Å². The van der Waals surface area contributed by atoms with Crippen molar-refractivity contribution in [3.8, 4) is 0 Å². The number of hydrogen-bond acceptors (Lipinski definition) is 4. The summed E-state index contributed by atoms with van der Waals surface area (Å²) in [5, 5.41) is 9.24. The summed E-state index contributed by atoms with van der Waals surface area (Å²) in [6, 6.07) is 0. The molecule has 0 amide bonds. The van der Waals surface area contributed by atoms with Gasteiger partial charge in [-0.3, -0.25) is 0 Å². The van der Waals surface area contributed by atoms with E-state index in [0.29, 0.717) is 12.8 Å². The first-order chi connectivity index (χ1) is 12.4. The zero-order valence-corrected chi connectivity index (χ0v) is 22.2. The van der Waals surface area contributed by atoms with Crippen LogP contribution in [0.3, 0.4) is 0 Å². The largest absolute Gasteiger partial charge is 1.00 e. The summed E-state index contributed by atoms with van der Waals surface area (Å²) >= 11 is 0. The molecule has 4 nitrogen and oxygen atoms in total. The first-order valence-electron chi connectivity index (χ1n) is 11.0. The SMILES string of the molecule is CCCCCCC(O)CCCCCCCC(CCCCCC)S(=O)(=O)[O-].[K+]. The molecule has 0 rings (SSSR count). The molecule has 0 spiro atoms. The van der Waals surface area contributed by atoms with E-state index < -0.39 is 15.4 Å². The average Bonchev–Trinajstić information content (AvgIpc) is 2.58. The molecule has 2 unspecified atom stereocenters. The van der Waals surface area contributed by atoms with Crippen LogP contribution in [0, 0.1) is 0 Å². The molecule has 6 heteroatoms. The number of rotatable bonds is 19. The molecule has 0 aromatic rings. The predicted octanol–water partition coefficient (Wildman–Crippen LogP) is 2.94. The van der Waals surface area contributed by atoms with Gasteiger partial charge in [0.2, 0.25) is 0 Å². The quantitative estimate of drug-likeness (QED) is 0.194. The summed E-state index contributed by atoms with van der Waals surface area (Å²) in [5.41, 5.74) is 0. The maximum atomic E-state index is 11.4. The summed E-state index contributed by atoms with van der Waals surface area (Å²) < 4.78 is 34.1. The monoisotopic (exact) mass is 430 g/mol. The maximum Gasteiger partial charge on any atom is 1.00 e. The van der Waals surface area contributed by atoms with Crippen molar-refractivity contribution in [2.75, 3.05) is 0 Å². The molecule has 0 fully saturated rings. The van der Waals surface area contributed by atoms with E-state index in [4.69, 9.17) is 0 Å². The van der Waals surface area contributed by atoms with Gasteiger partial charge in [0.15, 0.2) is 0 Å². The summed E-state index contributed by atoms with van der Waals surface area (Å²) in [6.45, 7) is 4.31. The minimum atomic E-state index is -4.16. The Labute approximate surface area is 211 Å². The van der Waals surface area contributed by atoms with Gasteiger partial charge in [0.25, 0.3) is 0 Å². The Kier molecular flexibility index (Phi) is 23.6. The van der Waals surface area contributed by atoms with E-state index in [1.165, 1.54) is 19.3 Å². The summed E-state index contributed by atoms with van der Waals surface area (Å²) in [4.78, 5) is 0. The molecule has 0 aliphatic carbocycles. The fraction of sp³-hybridized carbons (Fsp3) is 1.00. The van der Waals surface area contributed by atoms with Crippen molar-refractivity contribution in [2.24, 2.45) is 0 Å². The normalized spacial score (nSPS) is 13.9. The summed E-state index contributed by atoms with van der Waals surface area (Å²) in [6.07, 6.45) is 16.5. The molecule has 0 radical (unpaired) electrons. The number of unbranched alkanes of at least 4 members (excludes halogenated alkanes) is 10. The Morgan fingerprint density at radius 3 is 1.37 bits per heavy atom. The first-order valence-corrected chi connectivity index (χ1v) is 12.5. The van der Waals surface area contributed by atoms with Gasteiger partial charge in [0.1, 0.15) is 0 Å². The van der Waals surface area contributed by atoms with Gasteiger partial charge in [0.05, 0.1) is 16.2 Å². The second-order valence-electron chi connectivity index (χ2n) is 7.81. The van der Waals surface area contributed by atoms with Crippen LogP contribution in [0.25, 0.3) is 0 Å². The molecule has 2 atom stereocenters. The standard InChI is InChI=1S/C21H44O4S.K/c1-3-5-7-12-16-20(22)17-13-10-9-11-15-19-21(26(23,24)25)18-14-8-6-4-2;/h20-22H,3-19H2,1-2H3,(H,23,24,25);/q;+1/p-1. The summed E-state index contributed by atoms with van der Waals surface area (Å²) in [5.74, 6) is 0. The van der Waals surface area contributed by atoms with Crippen LogP contribution in [0.1, 0.15) is 123 Å². The Balaban J connectivity index is 0. The molecule has 0 aromatic carbocycles. The van der Waals surface area contributed by atoms with Crippen LogP contribution in [0.15, 0.2) is 0 Å². The molecule has 158 valence electrons. The summed E-state index contributed by atoms with van der Waals surface area (Å²) in [7, 11) is -4.16. The molecular formula is C21H43KO4S. The molecule has 0 heterocycles. The van der Waals surface area contributed by atoms with E-state index in [9.17, 15) is 18.1 Å². The third kappa shape index (κ3) is 20.6. The van der Waals surface area contributed by atoms with Gasteiger partial charge in [-0.2, -0.15) is 0 Å². The van der Waals surface area contributed by atoms with Crippen molar-refractivity contribution >= 4 is 10.1 Å². The predicted molar refractivity (Wildman–Crippen MR) is 109 cm³/mol. The van der Waals surface area contributed by atoms with Crippen molar-refractivity contribution in [1.29, 1.82) is 0 Å². The van der Waals surface area contributed by atoms with E-state index in [1.807, 2.05) is 0 Å². The Morgan fingerprint density at radius 2 is 1.00 bits per heavy atom. The third-order valence-corrected chi connectivity index (χ3v) is 6.53. The Morgan fingerprint density at radius 1 is 0.667 bits per heavy atom. The van der Waals surface area contributed by atoms with Gasteiger partial charge >= 0.3 is 51.4 Å². The zero-order valence-electron chi connectivity index (χ0n) is 18.3.